The van der Waals surface area contributed by atoms with Gasteiger partial charge >= 0.3 is 8.56 Å². The van der Waals surface area contributed by atoms with Crippen LogP contribution in [0.4, 0.5) is 13.2 Å². The summed E-state index contributed by atoms with van der Waals surface area (Å²) in [5, 5.41) is 0. The van der Waals surface area contributed by atoms with Crippen molar-refractivity contribution in [2.45, 2.75) is 32.6 Å². The maximum absolute atomic E-state index is 13.0. The molecule has 0 rings (SSSR count). The van der Waals surface area contributed by atoms with Gasteiger partial charge in [-0.25, -0.2) is 13.2 Å². The summed E-state index contributed by atoms with van der Waals surface area (Å²) < 4.78 is 47.1. The van der Waals surface area contributed by atoms with Gasteiger partial charge in [0.05, 0.1) is 0 Å². The van der Waals surface area contributed by atoms with Crippen molar-refractivity contribution < 1.29 is 22.0 Å². The van der Waals surface area contributed by atoms with E-state index in [0.717, 1.165) is 0 Å². The third-order valence-electron chi connectivity index (χ3n) is 1.58. The fourth-order valence-electron chi connectivity index (χ4n) is 1.00. The average Bonchev–Trinajstić information content (AvgIpc) is 2.03. The van der Waals surface area contributed by atoms with Crippen LogP contribution in [0.1, 0.15) is 13.8 Å². The van der Waals surface area contributed by atoms with Crippen molar-refractivity contribution in [3.8, 4) is 0 Å². The van der Waals surface area contributed by atoms with Gasteiger partial charge in [-0.15, -0.1) is 0 Å². The highest BCUT2D eigenvalue weighted by Crippen LogP contribution is 2.21. The van der Waals surface area contributed by atoms with Crippen molar-refractivity contribution in [2.75, 3.05) is 13.2 Å². The lowest BCUT2D eigenvalue weighted by Gasteiger charge is -2.28. The Kier molecular flexibility index (Phi) is 5.58. The maximum atomic E-state index is 13.0. The lowest BCUT2D eigenvalue weighted by Crippen LogP contribution is -2.52. The van der Waals surface area contributed by atoms with Gasteiger partial charge in [-0.1, -0.05) is 0 Å². The van der Waals surface area contributed by atoms with E-state index in [1.807, 2.05) is 0 Å². The molecule has 80 valence electrons. The molecule has 0 fully saturated rings. The molecule has 0 saturated carbocycles. The van der Waals surface area contributed by atoms with Crippen LogP contribution in [-0.4, -0.2) is 34.0 Å². The minimum atomic E-state index is -3.33. The number of hydrogen-bond donors (Lipinski definition) is 0. The molecule has 0 heterocycles. The standard InChI is InChI=1S/C7H15F3O2Si/c1-4-11-13(3,12-5-2)7(10)6(8)9/h6-7H,4-5H2,1-3H3. The Bertz CT molecular complexity index is 140. The van der Waals surface area contributed by atoms with E-state index >= 15 is 0 Å². The van der Waals surface area contributed by atoms with Crippen molar-refractivity contribution in [2.24, 2.45) is 0 Å². The van der Waals surface area contributed by atoms with Gasteiger partial charge in [0.15, 0.2) is 0 Å². The molecular formula is C7H15F3O2Si. The molecule has 0 aliphatic heterocycles. The Balaban J connectivity index is 4.36. The van der Waals surface area contributed by atoms with Gasteiger partial charge in [0, 0.05) is 13.2 Å². The molecule has 0 spiro atoms. The predicted octanol–water partition coefficient (Wildman–Crippen LogP) is 2.27. The minimum absolute atomic E-state index is 0.190. The first-order valence-corrected chi connectivity index (χ1v) is 6.57. The monoisotopic (exact) mass is 216 g/mol. The maximum Gasteiger partial charge on any atom is 0.376 e. The Morgan fingerprint density at radius 2 is 1.46 bits per heavy atom. The van der Waals surface area contributed by atoms with E-state index < -0.39 is 20.8 Å². The molecule has 0 aliphatic carbocycles. The summed E-state index contributed by atoms with van der Waals surface area (Å²) in [6.07, 6.45) is -3.03. The largest absolute Gasteiger partial charge is 0.393 e. The first-order chi connectivity index (χ1) is 5.98. The third-order valence-corrected chi connectivity index (χ3v) is 4.56. The molecule has 0 saturated heterocycles. The van der Waals surface area contributed by atoms with Gasteiger partial charge in [-0.3, -0.25) is 0 Å². The normalized spacial score (nSPS) is 15.0. The van der Waals surface area contributed by atoms with Crippen LogP contribution < -0.4 is 0 Å². The molecule has 0 bridgehead atoms. The van der Waals surface area contributed by atoms with Gasteiger partial charge in [-0.2, -0.15) is 0 Å². The highest BCUT2D eigenvalue weighted by molar-refractivity contribution is 6.67. The molecule has 0 N–H and O–H groups in total. The van der Waals surface area contributed by atoms with Crippen LogP contribution in [-0.2, 0) is 8.85 Å². The summed E-state index contributed by atoms with van der Waals surface area (Å²) in [4.78, 5) is 0. The van der Waals surface area contributed by atoms with Crippen LogP contribution in [0.5, 0.6) is 0 Å². The lowest BCUT2D eigenvalue weighted by atomic mass is 10.8. The first kappa shape index (κ1) is 12.9. The van der Waals surface area contributed by atoms with Crippen LogP contribution in [0, 0.1) is 0 Å². The molecule has 0 aliphatic rings. The number of halogens is 3. The molecule has 1 atom stereocenters. The topological polar surface area (TPSA) is 18.5 Å². The fraction of sp³-hybridized carbons (Fsp3) is 1.00. The summed E-state index contributed by atoms with van der Waals surface area (Å²) in [7, 11) is -3.33. The van der Waals surface area contributed by atoms with Crippen molar-refractivity contribution in [1.29, 1.82) is 0 Å². The minimum Gasteiger partial charge on any atom is -0.393 e. The Hall–Kier alpha value is -0.0731. The van der Waals surface area contributed by atoms with Crippen LogP contribution in [0.2, 0.25) is 6.55 Å². The van der Waals surface area contributed by atoms with E-state index in [0.29, 0.717) is 0 Å². The zero-order chi connectivity index (χ0) is 10.5. The molecule has 0 aromatic carbocycles. The molecular weight excluding hydrogens is 201 g/mol. The van der Waals surface area contributed by atoms with Gasteiger partial charge in [-0.05, 0) is 20.4 Å². The van der Waals surface area contributed by atoms with E-state index in [1.54, 1.807) is 13.8 Å². The summed E-state index contributed by atoms with van der Waals surface area (Å²) in [5.74, 6) is -2.28. The Labute approximate surface area is 77.3 Å². The molecule has 1 unspecified atom stereocenters. The SMILES string of the molecule is CCO[Si](C)(OCC)C(F)C(F)F. The number of alkyl halides is 3. The quantitative estimate of drug-likeness (QED) is 0.634. The van der Waals surface area contributed by atoms with E-state index in [2.05, 4.69) is 0 Å². The molecule has 0 radical (unpaired) electrons. The predicted molar refractivity (Wildman–Crippen MR) is 45.8 cm³/mol. The third kappa shape index (κ3) is 3.66. The van der Waals surface area contributed by atoms with E-state index in [-0.39, 0.29) is 13.2 Å². The van der Waals surface area contributed by atoms with Crippen molar-refractivity contribution in [3.63, 3.8) is 0 Å². The smallest absolute Gasteiger partial charge is 0.376 e. The lowest BCUT2D eigenvalue weighted by molar-refractivity contribution is 0.0474. The molecule has 0 amide bonds. The summed E-state index contributed by atoms with van der Waals surface area (Å²) in [6, 6.07) is 0. The molecule has 6 heteroatoms. The molecule has 0 aromatic heterocycles. The second-order valence-electron chi connectivity index (χ2n) is 2.62. The molecule has 13 heavy (non-hydrogen) atoms. The van der Waals surface area contributed by atoms with Crippen molar-refractivity contribution >= 4 is 8.56 Å². The number of hydrogen-bond acceptors (Lipinski definition) is 2. The van der Waals surface area contributed by atoms with E-state index in [4.69, 9.17) is 8.85 Å². The van der Waals surface area contributed by atoms with Crippen molar-refractivity contribution in [3.05, 3.63) is 0 Å². The second-order valence-corrected chi connectivity index (χ2v) is 5.78. The zero-order valence-corrected chi connectivity index (χ0v) is 9.02. The Morgan fingerprint density at radius 3 is 1.69 bits per heavy atom. The van der Waals surface area contributed by atoms with Crippen LogP contribution in [0.25, 0.3) is 0 Å². The fourth-order valence-corrected chi connectivity index (χ4v) is 3.01. The van der Waals surface area contributed by atoms with Gasteiger partial charge in [0.2, 0.25) is 5.79 Å². The first-order valence-electron chi connectivity index (χ1n) is 4.18. The highest BCUT2D eigenvalue weighted by atomic mass is 28.4. The summed E-state index contributed by atoms with van der Waals surface area (Å²) in [5.41, 5.74) is 0. The summed E-state index contributed by atoms with van der Waals surface area (Å²) >= 11 is 0. The van der Waals surface area contributed by atoms with E-state index in [9.17, 15) is 13.2 Å². The average molecular weight is 216 g/mol. The zero-order valence-electron chi connectivity index (χ0n) is 8.02. The highest BCUT2D eigenvalue weighted by Gasteiger charge is 2.47. The number of rotatable bonds is 6. The van der Waals surface area contributed by atoms with E-state index in [1.165, 1.54) is 6.55 Å². The molecule has 0 aromatic rings. The van der Waals surface area contributed by atoms with Gasteiger partial charge < -0.3 is 8.85 Å². The molecule has 2 nitrogen and oxygen atoms in total. The van der Waals surface area contributed by atoms with Crippen molar-refractivity contribution in [1.82, 2.24) is 0 Å². The van der Waals surface area contributed by atoms with Gasteiger partial charge in [0.1, 0.15) is 0 Å². The van der Waals surface area contributed by atoms with Gasteiger partial charge in [0.25, 0.3) is 6.43 Å². The van der Waals surface area contributed by atoms with Crippen LogP contribution >= 0.6 is 0 Å². The van der Waals surface area contributed by atoms with Crippen LogP contribution in [0.15, 0.2) is 0 Å². The Morgan fingerprint density at radius 1 is 1.08 bits per heavy atom. The second kappa shape index (κ2) is 5.61. The summed E-state index contributed by atoms with van der Waals surface area (Å²) in [6.45, 7) is 4.95. The van der Waals surface area contributed by atoms with Crippen LogP contribution in [0.3, 0.4) is 0 Å².